The number of carboxylic acids is 2. The minimum Gasteiger partial charge on any atom is -0.480 e. The third-order valence-electron chi connectivity index (χ3n) is 2.36. The van der Waals surface area contributed by atoms with Crippen LogP contribution in [0.1, 0.15) is 5.56 Å². The van der Waals surface area contributed by atoms with E-state index >= 15 is 0 Å². The molecule has 10 heteroatoms. The Kier molecular flexibility index (Phi) is 5.64. The summed E-state index contributed by atoms with van der Waals surface area (Å²) in [5.74, 6) is -2.53. The molecule has 0 aliphatic carbocycles. The number of carbonyl (C=O) groups is 2. The molecule has 1 aromatic carbocycles. The van der Waals surface area contributed by atoms with Crippen LogP contribution in [-0.4, -0.2) is 47.7 Å². The summed E-state index contributed by atoms with van der Waals surface area (Å²) < 4.78 is 33.7. The molecule has 1 atom stereocenters. The Morgan fingerprint density at radius 2 is 1.76 bits per heavy atom. The maximum atomic E-state index is 11.0. The van der Waals surface area contributed by atoms with Crippen molar-refractivity contribution in [2.75, 3.05) is 6.54 Å². The highest BCUT2D eigenvalue weighted by Crippen LogP contribution is 2.15. The normalized spacial score (nSPS) is 12.6. The first-order chi connectivity index (χ1) is 9.67. The van der Waals surface area contributed by atoms with E-state index < -0.39 is 34.9 Å². The van der Waals surface area contributed by atoms with E-state index in [0.717, 1.165) is 0 Å². The van der Waals surface area contributed by atoms with Gasteiger partial charge in [0.1, 0.15) is 11.8 Å². The van der Waals surface area contributed by atoms with Gasteiger partial charge in [-0.25, -0.2) is 0 Å². The molecule has 21 heavy (non-hydrogen) atoms. The Morgan fingerprint density at radius 1 is 1.19 bits per heavy atom. The van der Waals surface area contributed by atoms with Crippen LogP contribution in [0.3, 0.4) is 0 Å². The second-order valence-electron chi connectivity index (χ2n) is 4.02. The predicted molar refractivity (Wildman–Crippen MR) is 69.4 cm³/mol. The summed E-state index contributed by atoms with van der Waals surface area (Å²) in [4.78, 5) is 21.4. The van der Waals surface area contributed by atoms with Gasteiger partial charge in [0.05, 0.1) is 6.54 Å². The molecule has 0 fully saturated rings. The molecule has 116 valence electrons. The number of carboxylic acid groups (broad SMARTS) is 2. The zero-order chi connectivity index (χ0) is 16.0. The van der Waals surface area contributed by atoms with Crippen LogP contribution < -0.4 is 9.50 Å². The van der Waals surface area contributed by atoms with Crippen molar-refractivity contribution in [3.63, 3.8) is 0 Å². The largest absolute Gasteiger partial charge is 0.480 e. The van der Waals surface area contributed by atoms with E-state index in [9.17, 15) is 18.0 Å². The van der Waals surface area contributed by atoms with E-state index in [1.807, 2.05) is 0 Å². The van der Waals surface area contributed by atoms with Gasteiger partial charge in [-0.05, 0) is 24.1 Å². The molecule has 0 radical (unpaired) electrons. The average Bonchev–Trinajstić information content (AvgIpc) is 2.34. The molecular weight excluding hydrogens is 306 g/mol. The SMILES string of the molecule is O=C(O)CN[C@@H](Cc1ccc(OS(=O)(=O)O)cc1)C(=O)O. The summed E-state index contributed by atoms with van der Waals surface area (Å²) in [5.41, 5.74) is 0.517. The van der Waals surface area contributed by atoms with E-state index in [1.165, 1.54) is 24.3 Å². The first-order valence-corrected chi connectivity index (χ1v) is 6.97. The number of benzene rings is 1. The number of hydrogen-bond donors (Lipinski definition) is 4. The lowest BCUT2D eigenvalue weighted by Gasteiger charge is -2.13. The summed E-state index contributed by atoms with van der Waals surface area (Å²) >= 11 is 0. The van der Waals surface area contributed by atoms with Gasteiger partial charge < -0.3 is 14.4 Å². The quantitative estimate of drug-likeness (QED) is 0.466. The summed E-state index contributed by atoms with van der Waals surface area (Å²) in [5, 5.41) is 19.8. The van der Waals surface area contributed by atoms with Crippen LogP contribution in [0, 0.1) is 0 Å². The Balaban J connectivity index is 2.72. The van der Waals surface area contributed by atoms with E-state index in [0.29, 0.717) is 5.56 Å². The zero-order valence-electron chi connectivity index (χ0n) is 10.6. The van der Waals surface area contributed by atoms with E-state index in [4.69, 9.17) is 14.8 Å². The fourth-order valence-corrected chi connectivity index (χ4v) is 1.85. The van der Waals surface area contributed by atoms with Crippen molar-refractivity contribution < 1.29 is 37.0 Å². The molecule has 0 saturated carbocycles. The summed E-state index contributed by atoms with van der Waals surface area (Å²) in [7, 11) is -4.62. The van der Waals surface area contributed by atoms with Gasteiger partial charge in [0.2, 0.25) is 0 Å². The lowest BCUT2D eigenvalue weighted by atomic mass is 10.1. The van der Waals surface area contributed by atoms with Gasteiger partial charge in [0.15, 0.2) is 0 Å². The molecule has 0 bridgehead atoms. The third-order valence-corrected chi connectivity index (χ3v) is 2.77. The molecular formula is C11H13NO8S. The summed E-state index contributed by atoms with van der Waals surface area (Å²) in [6, 6.07) is 4.17. The molecule has 4 N–H and O–H groups in total. The Labute approximate surface area is 120 Å². The monoisotopic (exact) mass is 319 g/mol. The summed E-state index contributed by atoms with van der Waals surface area (Å²) in [6.07, 6.45) is -0.00519. The van der Waals surface area contributed by atoms with Crippen LogP contribution in [0.5, 0.6) is 5.75 Å². The fourth-order valence-electron chi connectivity index (χ4n) is 1.50. The van der Waals surface area contributed by atoms with Crippen LogP contribution in [0.2, 0.25) is 0 Å². The maximum absolute atomic E-state index is 11.0. The average molecular weight is 319 g/mol. The molecule has 0 aliphatic heterocycles. The first-order valence-electron chi connectivity index (χ1n) is 5.61. The van der Waals surface area contributed by atoms with Gasteiger partial charge in [-0.2, -0.15) is 8.42 Å². The van der Waals surface area contributed by atoms with Gasteiger partial charge in [0.25, 0.3) is 0 Å². The number of nitrogens with one attached hydrogen (secondary N) is 1. The van der Waals surface area contributed by atoms with Crippen LogP contribution in [0.25, 0.3) is 0 Å². The van der Waals surface area contributed by atoms with Gasteiger partial charge in [-0.15, -0.1) is 0 Å². The Bertz CT molecular complexity index is 610. The van der Waals surface area contributed by atoms with Gasteiger partial charge >= 0.3 is 22.3 Å². The zero-order valence-corrected chi connectivity index (χ0v) is 11.4. The Hall–Kier alpha value is -2.17. The molecule has 0 amide bonds. The molecule has 9 nitrogen and oxygen atoms in total. The highest BCUT2D eigenvalue weighted by Gasteiger charge is 2.18. The van der Waals surface area contributed by atoms with Crippen LogP contribution in [0.15, 0.2) is 24.3 Å². The van der Waals surface area contributed by atoms with Gasteiger partial charge in [-0.1, -0.05) is 12.1 Å². The number of aliphatic carboxylic acids is 2. The smallest absolute Gasteiger partial charge is 0.446 e. The van der Waals surface area contributed by atoms with Crippen molar-refractivity contribution >= 4 is 22.3 Å². The first kappa shape index (κ1) is 16.9. The highest BCUT2D eigenvalue weighted by atomic mass is 32.3. The minimum absolute atomic E-state index is 0.00519. The second kappa shape index (κ2) is 7.02. The fraction of sp³-hybridized carbons (Fsp3) is 0.273. The number of rotatable bonds is 8. The standard InChI is InChI=1S/C11H13NO8S/c13-10(14)6-12-9(11(15)16)5-7-1-3-8(4-2-7)20-21(17,18)19/h1-4,9,12H,5-6H2,(H,13,14)(H,15,16)(H,17,18,19)/t9-/m0/s1. The lowest BCUT2D eigenvalue weighted by Crippen LogP contribution is -2.41. The van der Waals surface area contributed by atoms with Crippen molar-refractivity contribution in [1.82, 2.24) is 5.32 Å². The van der Waals surface area contributed by atoms with Crippen molar-refractivity contribution in [3.8, 4) is 5.75 Å². The predicted octanol–water partition coefficient (Wildman–Crippen LogP) is -0.462. The minimum atomic E-state index is -4.62. The lowest BCUT2D eigenvalue weighted by molar-refractivity contribution is -0.140. The van der Waals surface area contributed by atoms with Crippen molar-refractivity contribution in [1.29, 1.82) is 0 Å². The molecule has 0 aliphatic rings. The van der Waals surface area contributed by atoms with Gasteiger partial charge in [-0.3, -0.25) is 19.5 Å². The Morgan fingerprint density at radius 3 is 2.19 bits per heavy atom. The molecule has 0 unspecified atom stereocenters. The van der Waals surface area contributed by atoms with E-state index in [1.54, 1.807) is 0 Å². The van der Waals surface area contributed by atoms with Crippen molar-refractivity contribution in [3.05, 3.63) is 29.8 Å². The summed E-state index contributed by atoms with van der Waals surface area (Å²) in [6.45, 7) is -0.499. The number of hydrogen-bond acceptors (Lipinski definition) is 6. The molecule has 0 aromatic heterocycles. The second-order valence-corrected chi connectivity index (χ2v) is 5.05. The molecule has 0 spiro atoms. The van der Waals surface area contributed by atoms with Crippen LogP contribution in [-0.2, 0) is 26.4 Å². The van der Waals surface area contributed by atoms with Crippen LogP contribution in [0.4, 0.5) is 0 Å². The van der Waals surface area contributed by atoms with Crippen LogP contribution >= 0.6 is 0 Å². The topological polar surface area (TPSA) is 150 Å². The van der Waals surface area contributed by atoms with Crippen molar-refractivity contribution in [2.24, 2.45) is 0 Å². The van der Waals surface area contributed by atoms with Crippen molar-refractivity contribution in [2.45, 2.75) is 12.5 Å². The molecule has 1 rings (SSSR count). The highest BCUT2D eigenvalue weighted by molar-refractivity contribution is 7.81. The molecule has 1 aromatic rings. The third kappa shape index (κ3) is 6.70. The van der Waals surface area contributed by atoms with E-state index in [2.05, 4.69) is 9.50 Å². The molecule has 0 heterocycles. The molecule has 0 saturated heterocycles. The maximum Gasteiger partial charge on any atom is 0.446 e. The van der Waals surface area contributed by atoms with Gasteiger partial charge in [0, 0.05) is 0 Å². The van der Waals surface area contributed by atoms with E-state index in [-0.39, 0.29) is 12.2 Å².